The second-order valence-corrected chi connectivity index (χ2v) is 5.49. The highest BCUT2D eigenvalue weighted by Gasteiger charge is 2.21. The van der Waals surface area contributed by atoms with Gasteiger partial charge in [-0.1, -0.05) is 17.7 Å². The molecule has 1 aromatic carbocycles. The molecule has 3 unspecified atom stereocenters. The van der Waals surface area contributed by atoms with Crippen LogP contribution in [0.25, 0.3) is 0 Å². The predicted molar refractivity (Wildman–Crippen MR) is 71.2 cm³/mol. The number of nitrogens with one attached hydrogen (secondary N) is 1. The first-order chi connectivity index (χ1) is 8.56. The van der Waals surface area contributed by atoms with Gasteiger partial charge in [-0.05, 0) is 50.3 Å². The van der Waals surface area contributed by atoms with Gasteiger partial charge in [0, 0.05) is 12.1 Å². The van der Waals surface area contributed by atoms with Crippen LogP contribution in [0.1, 0.15) is 44.2 Å². The first-order valence-corrected chi connectivity index (χ1v) is 6.83. The molecule has 1 aromatic rings. The molecular formula is C14H19ClFNO. The molecule has 0 bridgehead atoms. The molecule has 1 aliphatic carbocycles. The Bertz CT molecular complexity index is 413. The highest BCUT2D eigenvalue weighted by molar-refractivity contribution is 6.30. The highest BCUT2D eigenvalue weighted by Crippen LogP contribution is 2.24. The number of benzene rings is 1. The maximum atomic E-state index is 13.1. The molecule has 2 rings (SSSR count). The van der Waals surface area contributed by atoms with Crippen LogP contribution in [-0.4, -0.2) is 17.3 Å². The normalized spacial score (nSPS) is 26.0. The molecule has 3 atom stereocenters. The van der Waals surface area contributed by atoms with E-state index in [0.717, 1.165) is 31.2 Å². The molecule has 1 aliphatic rings. The standard InChI is InChI=1S/C14H19ClFNO/c1-9(10-5-6-14(16)13(15)7-10)17-11-3-2-4-12(18)8-11/h5-7,9,11-12,17-18H,2-4,8H2,1H3. The maximum absolute atomic E-state index is 13.1. The molecule has 1 saturated carbocycles. The summed E-state index contributed by atoms with van der Waals surface area (Å²) in [6, 6.07) is 5.24. The van der Waals surface area contributed by atoms with E-state index < -0.39 is 0 Å². The van der Waals surface area contributed by atoms with Gasteiger partial charge in [0.05, 0.1) is 11.1 Å². The van der Waals surface area contributed by atoms with Crippen LogP contribution in [0.2, 0.25) is 5.02 Å². The molecule has 1 fully saturated rings. The van der Waals surface area contributed by atoms with E-state index in [0.29, 0.717) is 6.04 Å². The van der Waals surface area contributed by atoms with Gasteiger partial charge in [-0.15, -0.1) is 0 Å². The average molecular weight is 272 g/mol. The van der Waals surface area contributed by atoms with Gasteiger partial charge in [0.2, 0.25) is 0 Å². The molecule has 2 nitrogen and oxygen atoms in total. The Kier molecular flexibility index (Phi) is 4.60. The van der Waals surface area contributed by atoms with Gasteiger partial charge in [-0.2, -0.15) is 0 Å². The van der Waals surface area contributed by atoms with Gasteiger partial charge in [-0.3, -0.25) is 0 Å². The molecule has 0 spiro atoms. The van der Waals surface area contributed by atoms with E-state index in [2.05, 4.69) is 5.32 Å². The minimum absolute atomic E-state index is 0.110. The van der Waals surface area contributed by atoms with Crippen molar-refractivity contribution in [2.45, 2.75) is 50.8 Å². The molecule has 0 aromatic heterocycles. The van der Waals surface area contributed by atoms with Crippen molar-refractivity contribution >= 4 is 11.6 Å². The van der Waals surface area contributed by atoms with Crippen LogP contribution in [0.5, 0.6) is 0 Å². The summed E-state index contributed by atoms with van der Waals surface area (Å²) in [6.07, 6.45) is 3.63. The lowest BCUT2D eigenvalue weighted by molar-refractivity contribution is 0.109. The van der Waals surface area contributed by atoms with Gasteiger partial charge in [0.15, 0.2) is 0 Å². The summed E-state index contributed by atoms with van der Waals surface area (Å²) in [5.41, 5.74) is 0.974. The van der Waals surface area contributed by atoms with E-state index in [1.54, 1.807) is 12.1 Å². The largest absolute Gasteiger partial charge is 0.393 e. The summed E-state index contributed by atoms with van der Waals surface area (Å²) >= 11 is 5.78. The van der Waals surface area contributed by atoms with Crippen LogP contribution >= 0.6 is 11.6 Å². The van der Waals surface area contributed by atoms with Gasteiger partial charge in [0.1, 0.15) is 5.82 Å². The zero-order valence-electron chi connectivity index (χ0n) is 10.5. The summed E-state index contributed by atoms with van der Waals surface area (Å²) in [4.78, 5) is 0. The molecule has 18 heavy (non-hydrogen) atoms. The van der Waals surface area contributed by atoms with Crippen molar-refractivity contribution in [3.63, 3.8) is 0 Å². The fraction of sp³-hybridized carbons (Fsp3) is 0.571. The zero-order valence-corrected chi connectivity index (χ0v) is 11.3. The van der Waals surface area contributed by atoms with E-state index in [1.807, 2.05) is 6.92 Å². The number of hydrogen-bond donors (Lipinski definition) is 2. The van der Waals surface area contributed by atoms with Gasteiger partial charge in [-0.25, -0.2) is 4.39 Å². The third-order valence-electron chi connectivity index (χ3n) is 3.58. The van der Waals surface area contributed by atoms with Crippen molar-refractivity contribution in [1.82, 2.24) is 5.32 Å². The number of aliphatic hydroxyl groups is 1. The molecular weight excluding hydrogens is 253 g/mol. The highest BCUT2D eigenvalue weighted by atomic mass is 35.5. The van der Waals surface area contributed by atoms with Crippen LogP contribution in [0.4, 0.5) is 4.39 Å². The van der Waals surface area contributed by atoms with Gasteiger partial charge in [0.25, 0.3) is 0 Å². The van der Waals surface area contributed by atoms with E-state index in [-0.39, 0.29) is 23.0 Å². The van der Waals surface area contributed by atoms with Gasteiger partial charge >= 0.3 is 0 Å². The monoisotopic (exact) mass is 271 g/mol. The topological polar surface area (TPSA) is 32.3 Å². The van der Waals surface area contributed by atoms with Gasteiger partial charge < -0.3 is 10.4 Å². The maximum Gasteiger partial charge on any atom is 0.141 e. The summed E-state index contributed by atoms with van der Waals surface area (Å²) in [5, 5.41) is 13.3. The lowest BCUT2D eigenvalue weighted by Crippen LogP contribution is -2.37. The van der Waals surface area contributed by atoms with Crippen LogP contribution in [0, 0.1) is 5.82 Å². The molecule has 0 heterocycles. The molecule has 0 radical (unpaired) electrons. The Morgan fingerprint density at radius 3 is 2.89 bits per heavy atom. The lowest BCUT2D eigenvalue weighted by Gasteiger charge is -2.29. The molecule has 0 amide bonds. The fourth-order valence-corrected chi connectivity index (χ4v) is 2.74. The summed E-state index contributed by atoms with van der Waals surface area (Å²) in [7, 11) is 0. The third-order valence-corrected chi connectivity index (χ3v) is 3.87. The summed E-state index contributed by atoms with van der Waals surface area (Å²) < 4.78 is 13.1. The summed E-state index contributed by atoms with van der Waals surface area (Å²) in [6.45, 7) is 2.03. The van der Waals surface area contributed by atoms with Crippen molar-refractivity contribution in [1.29, 1.82) is 0 Å². The smallest absolute Gasteiger partial charge is 0.141 e. The number of halogens is 2. The average Bonchev–Trinajstić information content (AvgIpc) is 2.32. The van der Waals surface area contributed by atoms with Crippen LogP contribution in [0.15, 0.2) is 18.2 Å². The molecule has 2 N–H and O–H groups in total. The van der Waals surface area contributed by atoms with Crippen molar-refractivity contribution in [2.75, 3.05) is 0 Å². The lowest BCUT2D eigenvalue weighted by atomic mass is 9.92. The fourth-order valence-electron chi connectivity index (χ4n) is 2.55. The van der Waals surface area contributed by atoms with E-state index in [9.17, 15) is 9.50 Å². The predicted octanol–water partition coefficient (Wildman–Crippen LogP) is 3.43. The minimum Gasteiger partial charge on any atom is -0.393 e. The third kappa shape index (κ3) is 3.44. The number of aliphatic hydroxyl groups excluding tert-OH is 1. The second kappa shape index (κ2) is 6.00. The Balaban J connectivity index is 1.98. The quantitative estimate of drug-likeness (QED) is 0.883. The zero-order chi connectivity index (χ0) is 13.1. The molecule has 0 aliphatic heterocycles. The molecule has 0 saturated heterocycles. The first kappa shape index (κ1) is 13.8. The van der Waals surface area contributed by atoms with Crippen molar-refractivity contribution in [2.24, 2.45) is 0 Å². The minimum atomic E-state index is -0.388. The van der Waals surface area contributed by atoms with Crippen molar-refractivity contribution in [3.05, 3.63) is 34.6 Å². The van der Waals surface area contributed by atoms with Crippen molar-refractivity contribution < 1.29 is 9.50 Å². The second-order valence-electron chi connectivity index (χ2n) is 5.08. The van der Waals surface area contributed by atoms with Crippen LogP contribution < -0.4 is 5.32 Å². The van der Waals surface area contributed by atoms with Crippen LogP contribution in [0.3, 0.4) is 0 Å². The Labute approximate surface area is 112 Å². The summed E-state index contributed by atoms with van der Waals surface area (Å²) in [5.74, 6) is -0.388. The Morgan fingerprint density at radius 1 is 1.44 bits per heavy atom. The van der Waals surface area contributed by atoms with Crippen LogP contribution in [-0.2, 0) is 0 Å². The Hall–Kier alpha value is -0.640. The number of hydrogen-bond acceptors (Lipinski definition) is 2. The van der Waals surface area contributed by atoms with E-state index >= 15 is 0 Å². The van der Waals surface area contributed by atoms with Crippen molar-refractivity contribution in [3.8, 4) is 0 Å². The number of rotatable bonds is 3. The Morgan fingerprint density at radius 2 is 2.22 bits per heavy atom. The van der Waals surface area contributed by atoms with E-state index in [1.165, 1.54) is 6.07 Å². The molecule has 100 valence electrons. The van der Waals surface area contributed by atoms with E-state index in [4.69, 9.17) is 11.6 Å². The first-order valence-electron chi connectivity index (χ1n) is 6.45. The molecule has 4 heteroatoms. The SMILES string of the molecule is CC(NC1CCCC(O)C1)c1ccc(F)c(Cl)c1.